The van der Waals surface area contributed by atoms with Crippen LogP contribution in [0.25, 0.3) is 15.7 Å². The highest BCUT2D eigenvalue weighted by Gasteiger charge is 2.15. The third-order valence-corrected chi connectivity index (χ3v) is 3.17. The van der Waals surface area contributed by atoms with Crippen molar-refractivity contribution in [3.63, 3.8) is 0 Å². The van der Waals surface area contributed by atoms with E-state index in [1.165, 1.54) is 0 Å². The number of aromatic nitrogens is 1. The van der Waals surface area contributed by atoms with Gasteiger partial charge < -0.3 is 4.98 Å². The Bertz CT molecular complexity index is 588. The van der Waals surface area contributed by atoms with E-state index in [9.17, 15) is 0 Å². The molecule has 1 heterocycles. The highest BCUT2D eigenvalue weighted by atomic mass is 35.5. The van der Waals surface area contributed by atoms with Crippen molar-refractivity contribution >= 4 is 28.2 Å². The molecule has 0 unspecified atom stereocenters. The second-order valence-corrected chi connectivity index (χ2v) is 4.71. The van der Waals surface area contributed by atoms with E-state index < -0.39 is 0 Å². The number of rotatable bonds is 1. The van der Waals surface area contributed by atoms with Gasteiger partial charge in [0.25, 0.3) is 0 Å². The average Bonchev–Trinajstić information content (AvgIpc) is 2.57. The summed E-state index contributed by atoms with van der Waals surface area (Å²) >= 11 is 6.09. The third kappa shape index (κ3) is 1.58. The predicted molar refractivity (Wildman–Crippen MR) is 68.4 cm³/mol. The van der Waals surface area contributed by atoms with Crippen LogP contribution in [0.1, 0.15) is 31.0 Å². The monoisotopic (exact) mass is 232 g/mol. The quantitative estimate of drug-likeness (QED) is 0.682. The maximum Gasteiger partial charge on any atom is 0.215 e. The van der Waals surface area contributed by atoms with Crippen molar-refractivity contribution in [3.8, 4) is 0 Å². The Morgan fingerprint density at radius 1 is 1.38 bits per heavy atom. The van der Waals surface area contributed by atoms with Gasteiger partial charge in [0.15, 0.2) is 0 Å². The molecule has 2 rings (SSSR count). The lowest BCUT2D eigenvalue weighted by Gasteiger charge is -2.00. The second-order valence-electron chi connectivity index (χ2n) is 4.30. The summed E-state index contributed by atoms with van der Waals surface area (Å²) < 4.78 is 0. The Labute approximate surface area is 100 Å². The Balaban J connectivity index is 2.84. The molecule has 0 fully saturated rings. The molecule has 0 saturated heterocycles. The van der Waals surface area contributed by atoms with Gasteiger partial charge in [-0.2, -0.15) is 0 Å². The summed E-state index contributed by atoms with van der Waals surface area (Å²) in [6, 6.07) is 3.88. The molecule has 1 N–H and O–H groups in total. The molecule has 16 heavy (non-hydrogen) atoms. The first kappa shape index (κ1) is 11.0. The van der Waals surface area contributed by atoms with Crippen LogP contribution < -0.4 is 0 Å². The van der Waals surface area contributed by atoms with E-state index in [1.807, 2.05) is 19.1 Å². The van der Waals surface area contributed by atoms with Crippen LogP contribution in [-0.2, 0) is 0 Å². The number of hydrogen-bond donors (Lipinski definition) is 1. The molecule has 3 heteroatoms. The Hall–Kier alpha value is -1.46. The highest BCUT2D eigenvalue weighted by Crippen LogP contribution is 2.37. The summed E-state index contributed by atoms with van der Waals surface area (Å²) in [5, 5.41) is 1.64. The van der Waals surface area contributed by atoms with Gasteiger partial charge in [-0.25, -0.2) is 4.85 Å². The largest absolute Gasteiger partial charge is 0.369 e. The standard InChI is InChI=1S/C13H13ClN2/c1-7(2)12-13(15-4)9-6-10(14)8(3)5-11(9)16-12/h5-7,16H,1-3H3. The Morgan fingerprint density at radius 2 is 2.06 bits per heavy atom. The number of nitrogens with one attached hydrogen (secondary N) is 1. The normalized spacial score (nSPS) is 11.0. The molecule has 2 aromatic rings. The van der Waals surface area contributed by atoms with E-state index in [2.05, 4.69) is 23.7 Å². The minimum Gasteiger partial charge on any atom is -0.369 e. The van der Waals surface area contributed by atoms with Crippen molar-refractivity contribution in [2.45, 2.75) is 26.7 Å². The van der Waals surface area contributed by atoms with Crippen LogP contribution in [0.5, 0.6) is 0 Å². The van der Waals surface area contributed by atoms with Crippen LogP contribution in [0.15, 0.2) is 12.1 Å². The van der Waals surface area contributed by atoms with Gasteiger partial charge in [0, 0.05) is 21.6 Å². The molecule has 1 aromatic carbocycles. The second kappa shape index (κ2) is 3.84. The smallest absolute Gasteiger partial charge is 0.215 e. The van der Waals surface area contributed by atoms with E-state index in [-0.39, 0.29) is 0 Å². The molecule has 0 amide bonds. The molecule has 0 atom stereocenters. The van der Waals surface area contributed by atoms with Crippen LogP contribution in [0.4, 0.5) is 5.69 Å². The van der Waals surface area contributed by atoms with E-state index in [0.717, 1.165) is 22.2 Å². The fourth-order valence-electron chi connectivity index (χ4n) is 1.87. The first-order valence-corrected chi connectivity index (χ1v) is 5.61. The number of aromatic amines is 1. The van der Waals surface area contributed by atoms with Crippen LogP contribution in [0.3, 0.4) is 0 Å². The molecule has 0 aliphatic heterocycles. The summed E-state index contributed by atoms with van der Waals surface area (Å²) in [4.78, 5) is 6.92. The lowest BCUT2D eigenvalue weighted by atomic mass is 10.1. The number of aryl methyl sites for hydroxylation is 1. The molecular formula is C13H13ClN2. The maximum atomic E-state index is 7.26. The van der Waals surface area contributed by atoms with E-state index in [1.54, 1.807) is 0 Å². The van der Waals surface area contributed by atoms with Crippen molar-refractivity contribution in [3.05, 3.63) is 39.8 Å². The van der Waals surface area contributed by atoms with Crippen LogP contribution >= 0.6 is 11.6 Å². The summed E-state index contributed by atoms with van der Waals surface area (Å²) in [6.45, 7) is 13.4. The molecular weight excluding hydrogens is 220 g/mol. The minimum atomic E-state index is 0.315. The van der Waals surface area contributed by atoms with Gasteiger partial charge in [-0.05, 0) is 30.5 Å². The molecule has 0 spiro atoms. The van der Waals surface area contributed by atoms with Crippen molar-refractivity contribution in [2.24, 2.45) is 0 Å². The van der Waals surface area contributed by atoms with Gasteiger partial charge in [0.2, 0.25) is 5.69 Å². The lowest BCUT2D eigenvalue weighted by molar-refractivity contribution is 0.840. The molecule has 0 radical (unpaired) electrons. The zero-order valence-electron chi connectivity index (χ0n) is 9.56. The van der Waals surface area contributed by atoms with Crippen molar-refractivity contribution in [1.29, 1.82) is 0 Å². The average molecular weight is 233 g/mol. The van der Waals surface area contributed by atoms with Gasteiger partial charge in [-0.3, -0.25) is 0 Å². The molecule has 2 nitrogen and oxygen atoms in total. The van der Waals surface area contributed by atoms with Crippen LogP contribution in [0.2, 0.25) is 5.02 Å². The van der Waals surface area contributed by atoms with E-state index >= 15 is 0 Å². The topological polar surface area (TPSA) is 20.1 Å². The zero-order valence-corrected chi connectivity index (χ0v) is 10.3. The van der Waals surface area contributed by atoms with E-state index in [4.69, 9.17) is 18.2 Å². The van der Waals surface area contributed by atoms with Gasteiger partial charge >= 0.3 is 0 Å². The van der Waals surface area contributed by atoms with Crippen molar-refractivity contribution in [2.75, 3.05) is 0 Å². The first-order chi connectivity index (χ1) is 7.54. The van der Waals surface area contributed by atoms with Crippen molar-refractivity contribution in [1.82, 2.24) is 4.98 Å². The first-order valence-electron chi connectivity index (χ1n) is 5.23. The number of H-pyrrole nitrogens is 1. The van der Waals surface area contributed by atoms with Gasteiger partial charge in [0.1, 0.15) is 0 Å². The molecule has 1 aromatic heterocycles. The SMILES string of the molecule is [C-]#[N+]c1c(C(C)C)[nH]c2cc(C)c(Cl)cc12. The van der Waals surface area contributed by atoms with E-state index in [0.29, 0.717) is 16.6 Å². The number of hydrogen-bond acceptors (Lipinski definition) is 0. The summed E-state index contributed by atoms with van der Waals surface area (Å²) in [5.74, 6) is 0.315. The Kier molecular flexibility index (Phi) is 2.65. The summed E-state index contributed by atoms with van der Waals surface area (Å²) in [7, 11) is 0. The maximum absolute atomic E-state index is 7.26. The minimum absolute atomic E-state index is 0.315. The molecule has 0 aliphatic carbocycles. The number of halogens is 1. The van der Waals surface area contributed by atoms with Crippen LogP contribution in [0, 0.1) is 13.5 Å². The van der Waals surface area contributed by atoms with Gasteiger partial charge in [-0.15, -0.1) is 0 Å². The lowest BCUT2D eigenvalue weighted by Crippen LogP contribution is -1.85. The van der Waals surface area contributed by atoms with Gasteiger partial charge in [0.05, 0.1) is 6.57 Å². The van der Waals surface area contributed by atoms with Gasteiger partial charge in [-0.1, -0.05) is 25.4 Å². The zero-order chi connectivity index (χ0) is 11.9. The molecule has 0 bridgehead atoms. The highest BCUT2D eigenvalue weighted by molar-refractivity contribution is 6.32. The predicted octanol–water partition coefficient (Wildman–Crippen LogP) is 4.80. The Morgan fingerprint density at radius 3 is 2.62 bits per heavy atom. The summed E-state index contributed by atoms with van der Waals surface area (Å²) in [6.07, 6.45) is 0. The molecule has 82 valence electrons. The third-order valence-electron chi connectivity index (χ3n) is 2.77. The van der Waals surface area contributed by atoms with Crippen molar-refractivity contribution < 1.29 is 0 Å². The number of nitrogens with zero attached hydrogens (tertiary/aromatic N) is 1. The number of fused-ring (bicyclic) bond motifs is 1. The fourth-order valence-corrected chi connectivity index (χ4v) is 2.03. The fraction of sp³-hybridized carbons (Fsp3) is 0.308. The van der Waals surface area contributed by atoms with Crippen LogP contribution in [-0.4, -0.2) is 4.98 Å². The molecule has 0 aliphatic rings. The molecule has 0 saturated carbocycles. The summed E-state index contributed by atoms with van der Waals surface area (Å²) in [5.41, 5.74) is 3.72. The number of benzene rings is 1.